The lowest BCUT2D eigenvalue weighted by atomic mass is 10.1. The molecule has 98 valence electrons. The number of benzene rings is 1. The van der Waals surface area contributed by atoms with E-state index in [0.29, 0.717) is 10.8 Å². The van der Waals surface area contributed by atoms with Crippen molar-refractivity contribution in [2.24, 2.45) is 5.73 Å². The van der Waals surface area contributed by atoms with Crippen molar-refractivity contribution < 1.29 is 0 Å². The minimum atomic E-state index is 0.351. The molecule has 1 heterocycles. The largest absolute Gasteiger partial charge is 0.389 e. The molecule has 0 saturated heterocycles. The number of nitrogens with two attached hydrogens (primary N) is 1. The highest BCUT2D eigenvalue weighted by molar-refractivity contribution is 7.80. The highest BCUT2D eigenvalue weighted by Crippen LogP contribution is 2.22. The standard InChI is InChI=1S/C15H17N3S/c1-2-6-11-7-3-4-9-13(11)18-15-12(14(16)19)8-5-10-17-15/h3-5,7-10H,2,6H2,1H3,(H2,16,19)(H,17,18). The third-order valence-corrected chi connectivity index (χ3v) is 3.08. The second kappa shape index (κ2) is 6.29. The minimum absolute atomic E-state index is 0.351. The Labute approximate surface area is 118 Å². The summed E-state index contributed by atoms with van der Waals surface area (Å²) in [5, 5.41) is 3.33. The number of aryl methyl sites for hydroxylation is 1. The fourth-order valence-corrected chi connectivity index (χ4v) is 2.13. The first-order valence-electron chi connectivity index (χ1n) is 6.32. The maximum absolute atomic E-state index is 5.72. The summed E-state index contributed by atoms with van der Waals surface area (Å²) in [6.07, 6.45) is 3.86. The summed E-state index contributed by atoms with van der Waals surface area (Å²) in [5.74, 6) is 0.707. The van der Waals surface area contributed by atoms with Gasteiger partial charge in [0.25, 0.3) is 0 Å². The quantitative estimate of drug-likeness (QED) is 0.818. The predicted octanol–water partition coefficient (Wildman–Crippen LogP) is 3.41. The lowest BCUT2D eigenvalue weighted by Crippen LogP contribution is -2.13. The van der Waals surface area contributed by atoms with Gasteiger partial charge in [0.1, 0.15) is 10.8 Å². The number of aromatic nitrogens is 1. The van der Waals surface area contributed by atoms with E-state index in [1.165, 1.54) is 5.56 Å². The number of pyridine rings is 1. The summed E-state index contributed by atoms with van der Waals surface area (Å²) in [6.45, 7) is 2.16. The van der Waals surface area contributed by atoms with Gasteiger partial charge in [-0.1, -0.05) is 43.8 Å². The molecule has 2 aromatic rings. The molecule has 0 spiro atoms. The molecule has 19 heavy (non-hydrogen) atoms. The second-order valence-corrected chi connectivity index (χ2v) is 4.74. The topological polar surface area (TPSA) is 50.9 Å². The Balaban J connectivity index is 2.34. The van der Waals surface area contributed by atoms with Gasteiger partial charge >= 0.3 is 0 Å². The van der Waals surface area contributed by atoms with Crippen LogP contribution in [0.25, 0.3) is 0 Å². The Bertz CT molecular complexity index is 581. The fourth-order valence-electron chi connectivity index (χ4n) is 1.96. The molecule has 0 aliphatic carbocycles. The molecule has 0 saturated carbocycles. The molecule has 0 aliphatic heterocycles. The zero-order valence-electron chi connectivity index (χ0n) is 10.9. The molecule has 0 bridgehead atoms. The Hall–Kier alpha value is -1.94. The molecule has 0 fully saturated rings. The van der Waals surface area contributed by atoms with E-state index in [1.54, 1.807) is 6.20 Å². The molecular formula is C15H17N3S. The first-order valence-corrected chi connectivity index (χ1v) is 6.73. The van der Waals surface area contributed by atoms with Gasteiger partial charge in [-0.05, 0) is 30.2 Å². The molecule has 0 aliphatic rings. The maximum Gasteiger partial charge on any atom is 0.140 e. The van der Waals surface area contributed by atoms with Crippen LogP contribution in [0.3, 0.4) is 0 Å². The van der Waals surface area contributed by atoms with Gasteiger partial charge in [-0.2, -0.15) is 0 Å². The van der Waals surface area contributed by atoms with E-state index in [-0.39, 0.29) is 0 Å². The number of rotatable bonds is 5. The second-order valence-electron chi connectivity index (χ2n) is 4.30. The van der Waals surface area contributed by atoms with E-state index in [1.807, 2.05) is 30.3 Å². The summed E-state index contributed by atoms with van der Waals surface area (Å²) in [5.41, 5.74) is 8.81. The van der Waals surface area contributed by atoms with Gasteiger partial charge < -0.3 is 11.1 Å². The number of hydrogen-bond donors (Lipinski definition) is 2. The Morgan fingerprint density at radius 3 is 2.79 bits per heavy atom. The number of nitrogens with zero attached hydrogens (tertiary/aromatic N) is 1. The third kappa shape index (κ3) is 3.29. The van der Waals surface area contributed by atoms with E-state index >= 15 is 0 Å². The Morgan fingerprint density at radius 2 is 2.05 bits per heavy atom. The monoisotopic (exact) mass is 271 g/mol. The molecule has 0 radical (unpaired) electrons. The molecule has 3 nitrogen and oxygen atoms in total. The van der Waals surface area contributed by atoms with Crippen molar-refractivity contribution in [1.29, 1.82) is 0 Å². The number of anilines is 2. The van der Waals surface area contributed by atoms with E-state index in [2.05, 4.69) is 23.3 Å². The van der Waals surface area contributed by atoms with E-state index in [9.17, 15) is 0 Å². The molecule has 4 heteroatoms. The van der Waals surface area contributed by atoms with Gasteiger partial charge in [0.2, 0.25) is 0 Å². The summed E-state index contributed by atoms with van der Waals surface area (Å²) in [7, 11) is 0. The van der Waals surface area contributed by atoms with Crippen LogP contribution < -0.4 is 11.1 Å². The highest BCUT2D eigenvalue weighted by Gasteiger charge is 2.08. The Kier molecular flexibility index (Phi) is 4.47. The molecule has 2 rings (SSSR count). The van der Waals surface area contributed by atoms with E-state index in [0.717, 1.165) is 24.1 Å². The number of nitrogens with one attached hydrogen (secondary N) is 1. The average Bonchev–Trinajstić information content (AvgIpc) is 2.42. The highest BCUT2D eigenvalue weighted by atomic mass is 32.1. The van der Waals surface area contributed by atoms with Crippen LogP contribution in [0.5, 0.6) is 0 Å². The van der Waals surface area contributed by atoms with Crippen molar-refractivity contribution in [3.05, 3.63) is 53.7 Å². The fraction of sp³-hybridized carbons (Fsp3) is 0.200. The van der Waals surface area contributed by atoms with Crippen LogP contribution in [-0.2, 0) is 6.42 Å². The molecule has 1 aromatic carbocycles. The van der Waals surface area contributed by atoms with Crippen molar-refractivity contribution in [3.8, 4) is 0 Å². The normalized spacial score (nSPS) is 10.2. The molecule has 1 aromatic heterocycles. The van der Waals surface area contributed by atoms with E-state index in [4.69, 9.17) is 18.0 Å². The maximum atomic E-state index is 5.72. The molecular weight excluding hydrogens is 254 g/mol. The Morgan fingerprint density at radius 1 is 1.26 bits per heavy atom. The first kappa shape index (κ1) is 13.5. The first-order chi connectivity index (χ1) is 9.22. The van der Waals surface area contributed by atoms with Crippen molar-refractivity contribution in [2.75, 3.05) is 5.32 Å². The summed E-state index contributed by atoms with van der Waals surface area (Å²) < 4.78 is 0. The van der Waals surface area contributed by atoms with Crippen LogP contribution in [0.15, 0.2) is 42.6 Å². The van der Waals surface area contributed by atoms with Gasteiger partial charge in [-0.25, -0.2) is 4.98 Å². The van der Waals surface area contributed by atoms with Crippen molar-refractivity contribution in [3.63, 3.8) is 0 Å². The smallest absolute Gasteiger partial charge is 0.140 e. The van der Waals surface area contributed by atoms with Crippen molar-refractivity contribution in [2.45, 2.75) is 19.8 Å². The number of para-hydroxylation sites is 1. The van der Waals surface area contributed by atoms with Crippen LogP contribution in [-0.4, -0.2) is 9.97 Å². The minimum Gasteiger partial charge on any atom is -0.389 e. The average molecular weight is 271 g/mol. The summed E-state index contributed by atoms with van der Waals surface area (Å²) in [4.78, 5) is 4.67. The van der Waals surface area contributed by atoms with Gasteiger partial charge in [0.05, 0.1) is 5.56 Å². The van der Waals surface area contributed by atoms with Gasteiger partial charge in [-0.15, -0.1) is 0 Å². The van der Waals surface area contributed by atoms with Crippen LogP contribution in [0.1, 0.15) is 24.5 Å². The molecule has 0 atom stereocenters. The molecule has 0 unspecified atom stereocenters. The predicted molar refractivity (Wildman–Crippen MR) is 83.8 cm³/mol. The van der Waals surface area contributed by atoms with Crippen LogP contribution in [0.4, 0.5) is 11.5 Å². The lowest BCUT2D eigenvalue weighted by molar-refractivity contribution is 0.923. The van der Waals surface area contributed by atoms with Crippen LogP contribution >= 0.6 is 12.2 Å². The zero-order valence-corrected chi connectivity index (χ0v) is 11.7. The third-order valence-electron chi connectivity index (χ3n) is 2.86. The summed E-state index contributed by atoms with van der Waals surface area (Å²) in [6, 6.07) is 11.9. The lowest BCUT2D eigenvalue weighted by Gasteiger charge is -2.13. The molecule has 0 amide bonds. The zero-order chi connectivity index (χ0) is 13.7. The SMILES string of the molecule is CCCc1ccccc1Nc1ncccc1C(N)=S. The van der Waals surface area contributed by atoms with Crippen LogP contribution in [0, 0.1) is 0 Å². The van der Waals surface area contributed by atoms with Crippen LogP contribution in [0.2, 0.25) is 0 Å². The number of thiocarbonyl (C=S) groups is 1. The van der Waals surface area contributed by atoms with Gasteiger partial charge in [0, 0.05) is 11.9 Å². The molecule has 3 N–H and O–H groups in total. The van der Waals surface area contributed by atoms with Crippen molar-refractivity contribution >= 4 is 28.7 Å². The van der Waals surface area contributed by atoms with Crippen molar-refractivity contribution in [1.82, 2.24) is 4.98 Å². The van der Waals surface area contributed by atoms with Gasteiger partial charge in [0.15, 0.2) is 0 Å². The van der Waals surface area contributed by atoms with Gasteiger partial charge in [-0.3, -0.25) is 0 Å². The number of hydrogen-bond acceptors (Lipinski definition) is 3. The summed E-state index contributed by atoms with van der Waals surface area (Å²) >= 11 is 5.05. The van der Waals surface area contributed by atoms with E-state index < -0.39 is 0 Å².